The maximum atomic E-state index is 12.9. The van der Waals surface area contributed by atoms with Gasteiger partial charge in [0.2, 0.25) is 0 Å². The summed E-state index contributed by atoms with van der Waals surface area (Å²) in [5.74, 6) is -0.154. The highest BCUT2D eigenvalue weighted by Crippen LogP contribution is 2.41. The lowest BCUT2D eigenvalue weighted by Crippen LogP contribution is -2.07. The van der Waals surface area contributed by atoms with Gasteiger partial charge in [-0.3, -0.25) is 0 Å². The Labute approximate surface area is 90.0 Å². The first-order valence-electron chi connectivity index (χ1n) is 4.67. The molecule has 1 aromatic heterocycles. The number of H-pyrrole nitrogens is 1. The van der Waals surface area contributed by atoms with Gasteiger partial charge in [0.05, 0.1) is 7.11 Å². The molecule has 0 aliphatic heterocycles. The highest BCUT2D eigenvalue weighted by atomic mass is 19.4. The Morgan fingerprint density at radius 3 is 2.50 bits per heavy atom. The van der Waals surface area contributed by atoms with Crippen LogP contribution in [0.4, 0.5) is 13.2 Å². The van der Waals surface area contributed by atoms with Crippen molar-refractivity contribution in [1.82, 2.24) is 4.98 Å². The molecule has 0 saturated heterocycles. The summed E-state index contributed by atoms with van der Waals surface area (Å²) in [7, 11) is 1.23. The number of methoxy groups -OCH3 is 1. The average Bonchev–Trinajstić information content (AvgIpc) is 2.54. The van der Waals surface area contributed by atoms with Gasteiger partial charge in [0, 0.05) is 16.6 Å². The Hall–Kier alpha value is -1.65. The Morgan fingerprint density at radius 2 is 1.94 bits per heavy atom. The molecule has 0 radical (unpaired) electrons. The summed E-state index contributed by atoms with van der Waals surface area (Å²) in [6.07, 6.45) is -4.42. The largest absolute Gasteiger partial charge is 0.496 e. The summed E-state index contributed by atoms with van der Waals surface area (Å²) in [4.78, 5) is 2.87. The van der Waals surface area contributed by atoms with Gasteiger partial charge in [-0.2, -0.15) is 13.2 Å². The summed E-state index contributed by atoms with van der Waals surface area (Å²) in [6.45, 7) is 1.71. The summed E-state index contributed by atoms with van der Waals surface area (Å²) < 4.78 is 43.4. The van der Waals surface area contributed by atoms with Crippen LogP contribution in [0.1, 0.15) is 11.3 Å². The van der Waals surface area contributed by atoms with Crippen LogP contribution in [0, 0.1) is 6.92 Å². The standard InChI is InChI=1S/C11H10F3NO/c1-6-5-7-8(15-6)3-4-9(16-2)10(7)11(12,13)14/h3-5,15H,1-2H3. The molecule has 86 valence electrons. The molecule has 0 fully saturated rings. The van der Waals surface area contributed by atoms with E-state index in [-0.39, 0.29) is 11.1 Å². The van der Waals surface area contributed by atoms with Crippen molar-refractivity contribution < 1.29 is 17.9 Å². The van der Waals surface area contributed by atoms with Crippen molar-refractivity contribution in [3.05, 3.63) is 29.5 Å². The van der Waals surface area contributed by atoms with Gasteiger partial charge in [-0.15, -0.1) is 0 Å². The minimum absolute atomic E-state index is 0.143. The molecule has 0 bridgehead atoms. The van der Waals surface area contributed by atoms with Gasteiger partial charge in [0.1, 0.15) is 11.3 Å². The number of hydrogen-bond acceptors (Lipinski definition) is 1. The number of ether oxygens (including phenoxy) is 1. The molecule has 0 aliphatic rings. The zero-order valence-electron chi connectivity index (χ0n) is 8.77. The fourth-order valence-electron chi connectivity index (χ4n) is 1.79. The SMILES string of the molecule is COc1ccc2[nH]c(C)cc2c1C(F)(F)F. The van der Waals surface area contributed by atoms with Crippen molar-refractivity contribution in [2.45, 2.75) is 13.1 Å². The molecule has 2 rings (SSSR count). The van der Waals surface area contributed by atoms with Crippen LogP contribution in [0.25, 0.3) is 10.9 Å². The lowest BCUT2D eigenvalue weighted by atomic mass is 10.1. The molecule has 0 unspecified atom stereocenters. The van der Waals surface area contributed by atoms with E-state index < -0.39 is 11.7 Å². The number of hydrogen-bond donors (Lipinski definition) is 1. The third kappa shape index (κ3) is 1.62. The quantitative estimate of drug-likeness (QED) is 0.795. The zero-order chi connectivity index (χ0) is 11.9. The van der Waals surface area contributed by atoms with E-state index in [4.69, 9.17) is 4.74 Å². The van der Waals surface area contributed by atoms with Crippen LogP contribution in [-0.2, 0) is 6.18 Å². The molecule has 0 amide bonds. The predicted molar refractivity (Wildman–Crippen MR) is 54.6 cm³/mol. The summed E-state index contributed by atoms with van der Waals surface area (Å²) >= 11 is 0. The van der Waals surface area contributed by atoms with E-state index in [1.807, 2.05) is 0 Å². The van der Waals surface area contributed by atoms with Gasteiger partial charge in [0.15, 0.2) is 0 Å². The second-order valence-corrected chi connectivity index (χ2v) is 3.55. The van der Waals surface area contributed by atoms with E-state index in [0.717, 1.165) is 0 Å². The zero-order valence-corrected chi connectivity index (χ0v) is 8.77. The minimum Gasteiger partial charge on any atom is -0.496 e. The smallest absolute Gasteiger partial charge is 0.420 e. The second-order valence-electron chi connectivity index (χ2n) is 3.55. The Bertz CT molecular complexity index is 528. The minimum atomic E-state index is -4.42. The molecule has 1 aromatic carbocycles. The van der Waals surface area contributed by atoms with Crippen LogP contribution in [0.15, 0.2) is 18.2 Å². The van der Waals surface area contributed by atoms with Crippen LogP contribution >= 0.6 is 0 Å². The Kier molecular flexibility index (Phi) is 2.33. The number of aromatic amines is 1. The first-order chi connectivity index (χ1) is 7.43. The maximum absolute atomic E-state index is 12.9. The summed E-state index contributed by atoms with van der Waals surface area (Å²) in [5, 5.41) is 0.143. The second kappa shape index (κ2) is 3.43. The van der Waals surface area contributed by atoms with Crippen molar-refractivity contribution in [2.75, 3.05) is 7.11 Å². The third-order valence-electron chi connectivity index (χ3n) is 2.40. The molecular weight excluding hydrogens is 219 g/mol. The first-order valence-corrected chi connectivity index (χ1v) is 4.67. The van der Waals surface area contributed by atoms with Gasteiger partial charge < -0.3 is 9.72 Å². The third-order valence-corrected chi connectivity index (χ3v) is 2.40. The van der Waals surface area contributed by atoms with Crippen molar-refractivity contribution in [3.63, 3.8) is 0 Å². The molecule has 0 spiro atoms. The van der Waals surface area contributed by atoms with Crippen LogP contribution in [0.5, 0.6) is 5.75 Å². The number of alkyl halides is 3. The Morgan fingerprint density at radius 1 is 1.25 bits per heavy atom. The van der Waals surface area contributed by atoms with E-state index >= 15 is 0 Å². The number of nitrogens with one attached hydrogen (secondary N) is 1. The molecule has 2 aromatic rings. The molecule has 0 aliphatic carbocycles. The van der Waals surface area contributed by atoms with Crippen LogP contribution in [0.3, 0.4) is 0 Å². The molecule has 16 heavy (non-hydrogen) atoms. The average molecular weight is 229 g/mol. The summed E-state index contributed by atoms with van der Waals surface area (Å²) in [6, 6.07) is 4.37. The molecule has 1 N–H and O–H groups in total. The van der Waals surface area contributed by atoms with Crippen molar-refractivity contribution in [2.24, 2.45) is 0 Å². The number of aryl methyl sites for hydroxylation is 1. The highest BCUT2D eigenvalue weighted by molar-refractivity contribution is 5.86. The van der Waals surface area contributed by atoms with E-state index in [1.165, 1.54) is 19.2 Å². The molecule has 0 atom stereocenters. The lowest BCUT2D eigenvalue weighted by molar-refractivity contribution is -0.137. The fourth-order valence-corrected chi connectivity index (χ4v) is 1.79. The lowest BCUT2D eigenvalue weighted by Gasteiger charge is -2.12. The van der Waals surface area contributed by atoms with Gasteiger partial charge in [-0.05, 0) is 25.1 Å². The van der Waals surface area contributed by atoms with Crippen LogP contribution < -0.4 is 4.74 Å². The van der Waals surface area contributed by atoms with Gasteiger partial charge in [-0.1, -0.05) is 0 Å². The van der Waals surface area contributed by atoms with E-state index in [0.29, 0.717) is 11.2 Å². The van der Waals surface area contributed by atoms with Crippen LogP contribution in [0.2, 0.25) is 0 Å². The number of benzene rings is 1. The number of aromatic nitrogens is 1. The summed E-state index contributed by atoms with van der Waals surface area (Å²) in [5.41, 5.74) is 0.427. The molecule has 2 nitrogen and oxygen atoms in total. The van der Waals surface area contributed by atoms with Crippen molar-refractivity contribution in [1.29, 1.82) is 0 Å². The van der Waals surface area contributed by atoms with Crippen molar-refractivity contribution >= 4 is 10.9 Å². The monoisotopic (exact) mass is 229 g/mol. The fraction of sp³-hybridized carbons (Fsp3) is 0.273. The van der Waals surface area contributed by atoms with Crippen molar-refractivity contribution in [3.8, 4) is 5.75 Å². The Balaban J connectivity index is 2.83. The van der Waals surface area contributed by atoms with E-state index in [2.05, 4.69) is 4.98 Å². The normalized spacial score (nSPS) is 12.1. The predicted octanol–water partition coefficient (Wildman–Crippen LogP) is 3.50. The highest BCUT2D eigenvalue weighted by Gasteiger charge is 2.36. The number of fused-ring (bicyclic) bond motifs is 1. The molecule has 5 heteroatoms. The van der Waals surface area contributed by atoms with Gasteiger partial charge >= 0.3 is 6.18 Å². The van der Waals surface area contributed by atoms with Crippen LogP contribution in [-0.4, -0.2) is 12.1 Å². The van der Waals surface area contributed by atoms with E-state index in [9.17, 15) is 13.2 Å². The number of rotatable bonds is 1. The number of halogens is 3. The van der Waals surface area contributed by atoms with Gasteiger partial charge in [-0.25, -0.2) is 0 Å². The molecule has 0 saturated carbocycles. The van der Waals surface area contributed by atoms with Gasteiger partial charge in [0.25, 0.3) is 0 Å². The maximum Gasteiger partial charge on any atom is 0.420 e. The van der Waals surface area contributed by atoms with E-state index in [1.54, 1.807) is 13.0 Å². The molecular formula is C11H10F3NO. The molecule has 1 heterocycles. The first kappa shape index (κ1) is 10.9. The topological polar surface area (TPSA) is 25.0 Å².